The summed E-state index contributed by atoms with van der Waals surface area (Å²) in [6.45, 7) is 3.28. The van der Waals surface area contributed by atoms with E-state index >= 15 is 0 Å². The van der Waals surface area contributed by atoms with Gasteiger partial charge in [-0.05, 0) is 31.9 Å². The molecule has 0 radical (unpaired) electrons. The molecule has 8 nitrogen and oxygen atoms in total. The van der Waals surface area contributed by atoms with E-state index in [4.69, 9.17) is 9.92 Å². The van der Waals surface area contributed by atoms with E-state index < -0.39 is 24.4 Å². The van der Waals surface area contributed by atoms with Crippen LogP contribution in [0.4, 0.5) is 0 Å². The van der Waals surface area contributed by atoms with Gasteiger partial charge in [-0.25, -0.2) is 0 Å². The lowest BCUT2D eigenvalue weighted by Gasteiger charge is -2.29. The molecule has 1 atom stereocenters. The molecule has 2 amide bonds. The Labute approximate surface area is 138 Å². The Morgan fingerprint density at radius 2 is 2.25 bits per heavy atom. The molecular weight excluding hydrogens is 313 g/mol. The number of hydrogen-bond acceptors (Lipinski definition) is 6. The number of nitrogens with one attached hydrogen (secondary N) is 1. The quantitative estimate of drug-likeness (QED) is 0.625. The third kappa shape index (κ3) is 3.78. The van der Waals surface area contributed by atoms with E-state index in [-0.39, 0.29) is 30.1 Å². The Balaban J connectivity index is 2.16. The van der Waals surface area contributed by atoms with Gasteiger partial charge in [0.05, 0.1) is 23.0 Å². The number of nitriles is 1. The Bertz CT molecular complexity index is 728. The highest BCUT2D eigenvalue weighted by molar-refractivity contribution is 6.47. The van der Waals surface area contributed by atoms with Gasteiger partial charge in [0.1, 0.15) is 5.75 Å². The maximum Gasteiger partial charge on any atom is 0.547 e. The molecule has 1 aliphatic heterocycles. The summed E-state index contributed by atoms with van der Waals surface area (Å²) >= 11 is 0. The van der Waals surface area contributed by atoms with Crippen LogP contribution < -0.4 is 9.97 Å². The normalized spacial score (nSPS) is 16.4. The molecule has 1 heterocycles. The van der Waals surface area contributed by atoms with Gasteiger partial charge in [0, 0.05) is 11.6 Å². The molecule has 0 saturated heterocycles. The van der Waals surface area contributed by atoms with Crippen molar-refractivity contribution in [3.8, 4) is 11.8 Å². The topological polar surface area (TPSA) is 129 Å². The molecule has 0 spiro atoms. The molecule has 2 rings (SSSR count). The van der Waals surface area contributed by atoms with Gasteiger partial charge in [-0.1, -0.05) is 12.1 Å². The molecule has 2 N–H and O–H groups in total. The number of benzene rings is 1. The van der Waals surface area contributed by atoms with E-state index in [9.17, 15) is 19.5 Å². The lowest BCUT2D eigenvalue weighted by molar-refractivity contribution is -0.122. The number of fused-ring (bicyclic) bond motifs is 1. The first-order valence-electron chi connectivity index (χ1n) is 7.32. The number of hydrogen-bond donors (Lipinski definition) is 2. The number of para-hydroxylation sites is 1. The van der Waals surface area contributed by atoms with E-state index in [1.807, 2.05) is 6.07 Å². The first-order chi connectivity index (χ1) is 11.3. The van der Waals surface area contributed by atoms with Crippen molar-refractivity contribution in [1.82, 2.24) is 5.32 Å². The first kappa shape index (κ1) is 17.6. The summed E-state index contributed by atoms with van der Waals surface area (Å²) in [6, 6.07) is 6.64. The van der Waals surface area contributed by atoms with Crippen molar-refractivity contribution >= 4 is 18.9 Å². The van der Waals surface area contributed by atoms with Crippen molar-refractivity contribution in [3.05, 3.63) is 34.2 Å². The van der Waals surface area contributed by atoms with E-state index in [0.717, 1.165) is 0 Å². The average Bonchev–Trinajstić information content (AvgIpc) is 2.53. The van der Waals surface area contributed by atoms with Gasteiger partial charge < -0.3 is 15.0 Å². The zero-order chi connectivity index (χ0) is 17.9. The zero-order valence-corrected chi connectivity index (χ0v) is 13.3. The number of carbonyl (C=O) groups excluding carboxylic acids is 2. The fourth-order valence-corrected chi connectivity index (χ4v) is 2.46. The monoisotopic (exact) mass is 329 g/mol. The predicted octanol–water partition coefficient (Wildman–Crippen LogP) is 0.972. The van der Waals surface area contributed by atoms with Gasteiger partial charge in [-0.3, -0.25) is 9.59 Å². The Morgan fingerprint density at radius 1 is 1.54 bits per heavy atom. The average molecular weight is 329 g/mol. The maximum absolute atomic E-state index is 12.0. The summed E-state index contributed by atoms with van der Waals surface area (Å²) in [5.41, 5.74) is -0.283. The fraction of sp³-hybridized carbons (Fsp3) is 0.400. The second kappa shape index (κ2) is 6.80. The fourth-order valence-electron chi connectivity index (χ4n) is 2.46. The van der Waals surface area contributed by atoms with Crippen molar-refractivity contribution in [2.45, 2.75) is 32.6 Å². The summed E-state index contributed by atoms with van der Waals surface area (Å²) in [5, 5.41) is 24.0. The van der Waals surface area contributed by atoms with Crippen molar-refractivity contribution in [3.63, 3.8) is 0 Å². The predicted molar refractivity (Wildman–Crippen MR) is 84.8 cm³/mol. The smallest absolute Gasteiger partial charge is 0.534 e. The minimum absolute atomic E-state index is 0.0207. The highest BCUT2D eigenvalue weighted by Crippen LogP contribution is 2.30. The van der Waals surface area contributed by atoms with Crippen LogP contribution in [0.1, 0.15) is 36.2 Å². The summed E-state index contributed by atoms with van der Waals surface area (Å²) < 4.78 is 5.31. The highest BCUT2D eigenvalue weighted by atomic mass is 16.5. The molecule has 1 aromatic carbocycles. The number of amides is 2. The summed E-state index contributed by atoms with van der Waals surface area (Å²) in [7, 11) is -1.38. The molecular formula is C15H16BN3O5. The van der Waals surface area contributed by atoms with Crippen molar-refractivity contribution in [2.75, 3.05) is 0 Å². The van der Waals surface area contributed by atoms with Gasteiger partial charge in [-0.2, -0.15) is 5.26 Å². The molecule has 0 fully saturated rings. The summed E-state index contributed by atoms with van der Waals surface area (Å²) in [5.74, 6) is -2.01. The maximum atomic E-state index is 12.0. The molecule has 1 aromatic rings. The number of rotatable bonds is 4. The Hall–Kier alpha value is -2.73. The minimum atomic E-state index is -1.38. The second-order valence-corrected chi connectivity index (χ2v) is 6.25. The van der Waals surface area contributed by atoms with Gasteiger partial charge >= 0.3 is 13.0 Å². The van der Waals surface area contributed by atoms with Crippen LogP contribution in [0.25, 0.3) is 0 Å². The van der Waals surface area contributed by atoms with E-state index in [1.54, 1.807) is 26.0 Å². The highest BCUT2D eigenvalue weighted by Gasteiger charge is 2.38. The van der Waals surface area contributed by atoms with Gasteiger partial charge in [0.2, 0.25) is 5.91 Å². The zero-order valence-electron chi connectivity index (χ0n) is 13.3. The first-order valence-corrected chi connectivity index (χ1v) is 7.32. The minimum Gasteiger partial charge on any atom is -0.534 e. The van der Waals surface area contributed by atoms with E-state index in [0.29, 0.717) is 5.56 Å². The van der Waals surface area contributed by atoms with Crippen LogP contribution in [0.2, 0.25) is 0 Å². The van der Waals surface area contributed by atoms with Gasteiger partial charge in [0.15, 0.2) is 0 Å². The molecule has 9 heteroatoms. The number of nitroso groups, excluding NO2 is 1. The molecule has 0 bridgehead atoms. The van der Waals surface area contributed by atoms with Crippen LogP contribution in [0, 0.1) is 21.7 Å². The third-order valence-corrected chi connectivity index (χ3v) is 3.68. The van der Waals surface area contributed by atoms with E-state index in [2.05, 4.69) is 10.5 Å². The summed E-state index contributed by atoms with van der Waals surface area (Å²) in [6.07, 6.45) is 0.197. The molecule has 0 aromatic heterocycles. The van der Waals surface area contributed by atoms with Crippen molar-refractivity contribution < 1.29 is 19.3 Å². The van der Waals surface area contributed by atoms with Gasteiger partial charge in [0.25, 0.3) is 0 Å². The Kier molecular flexibility index (Phi) is 5.00. The largest absolute Gasteiger partial charge is 0.547 e. The molecule has 0 aliphatic carbocycles. The lowest BCUT2D eigenvalue weighted by atomic mass is 9.72. The SMILES string of the molecule is CC(C)(C#N)CC(=O)N[C@H]1Cc2cccc(C(=O)N=O)c2OB1O. The number of carbonyl (C=O) groups is 2. The van der Waals surface area contributed by atoms with Gasteiger partial charge in [-0.15, -0.1) is 4.91 Å². The van der Waals surface area contributed by atoms with Crippen molar-refractivity contribution in [1.29, 1.82) is 5.26 Å². The van der Waals surface area contributed by atoms with Crippen LogP contribution in [-0.4, -0.2) is 29.9 Å². The van der Waals surface area contributed by atoms with Crippen LogP contribution in [0.15, 0.2) is 23.4 Å². The summed E-state index contributed by atoms with van der Waals surface area (Å²) in [4.78, 5) is 34.0. The number of nitrogens with zero attached hydrogens (tertiary/aromatic N) is 2. The molecule has 24 heavy (non-hydrogen) atoms. The molecule has 124 valence electrons. The van der Waals surface area contributed by atoms with Crippen LogP contribution in [0.5, 0.6) is 5.75 Å². The molecule has 0 unspecified atom stereocenters. The lowest BCUT2D eigenvalue weighted by Crippen LogP contribution is -2.53. The molecule has 0 saturated carbocycles. The third-order valence-electron chi connectivity index (χ3n) is 3.68. The van der Waals surface area contributed by atoms with Crippen LogP contribution >= 0.6 is 0 Å². The molecule has 1 aliphatic rings. The second-order valence-electron chi connectivity index (χ2n) is 6.25. The van der Waals surface area contributed by atoms with Crippen molar-refractivity contribution in [2.24, 2.45) is 10.6 Å². The Morgan fingerprint density at radius 3 is 2.88 bits per heavy atom. The van der Waals surface area contributed by atoms with Crippen LogP contribution in [-0.2, 0) is 11.2 Å². The van der Waals surface area contributed by atoms with Crippen LogP contribution in [0.3, 0.4) is 0 Å². The standard InChI is InChI=1S/C15H16BN3O5/c1-15(2,8-17)7-12(20)18-11-6-9-4-3-5-10(14(21)19-23)13(9)24-16(11)22/h3-5,11,22H,6-7H2,1-2H3,(H,18,20)/t11-/m0/s1. The van der Waals surface area contributed by atoms with E-state index in [1.165, 1.54) is 6.07 Å².